The number of alkyl halides is 3. The van der Waals surface area contributed by atoms with Crippen LogP contribution in [0.5, 0.6) is 0 Å². The molecule has 0 aromatic rings. The van der Waals surface area contributed by atoms with Gasteiger partial charge in [-0.15, -0.1) is 0 Å². The molecule has 6 atom stereocenters. The number of ether oxygens (including phenoxy) is 1. The van der Waals surface area contributed by atoms with E-state index in [0.29, 0.717) is 5.17 Å². The lowest BCUT2D eigenvalue weighted by Gasteiger charge is -2.40. The lowest BCUT2D eigenvalue weighted by atomic mass is 9.94. The highest BCUT2D eigenvalue weighted by atomic mass is 32.2. The minimum absolute atomic E-state index is 0.480. The molecule has 1 saturated heterocycles. The molecule has 0 aromatic carbocycles. The average molecular weight is 316 g/mol. The maximum Gasteiger partial charge on any atom is 0.417 e. The molecule has 1 unspecified atom stereocenters. The lowest BCUT2D eigenvalue weighted by Crippen LogP contribution is -2.60. The summed E-state index contributed by atoms with van der Waals surface area (Å²) < 4.78 is 42.7. The van der Waals surface area contributed by atoms with Crippen LogP contribution in [0.2, 0.25) is 0 Å². The Kier molecular flexibility index (Phi) is 4.22. The number of halogens is 3. The second-order valence-electron chi connectivity index (χ2n) is 4.85. The number of hydrogen-bond acceptors (Lipinski definition) is 7. The van der Waals surface area contributed by atoms with Gasteiger partial charge in [-0.3, -0.25) is 4.99 Å². The van der Waals surface area contributed by atoms with Gasteiger partial charge in [0.05, 0.1) is 0 Å². The van der Waals surface area contributed by atoms with Gasteiger partial charge in [0.25, 0.3) is 0 Å². The smallest absolute Gasteiger partial charge is 0.388 e. The van der Waals surface area contributed by atoms with Crippen LogP contribution in [-0.2, 0) is 4.74 Å². The number of amidine groups is 1. The minimum atomic E-state index is -4.94. The van der Waals surface area contributed by atoms with Crippen molar-refractivity contribution in [1.82, 2.24) is 4.90 Å². The predicted octanol–water partition coefficient (Wildman–Crippen LogP) is -0.611. The summed E-state index contributed by atoms with van der Waals surface area (Å²) >= 11 is 1.04. The minimum Gasteiger partial charge on any atom is -0.388 e. The van der Waals surface area contributed by atoms with Crippen LogP contribution in [0.25, 0.3) is 0 Å². The Morgan fingerprint density at radius 3 is 2.40 bits per heavy atom. The van der Waals surface area contributed by atoms with Crippen molar-refractivity contribution in [2.24, 2.45) is 4.99 Å². The SMILES string of the molecule is CN(C)C1=N[C@@H]2[C@@H](O)[C@H](O)[C@@H](C(O)C(F)(F)F)O[C@@H]2S1. The first-order chi connectivity index (χ1) is 9.12. The number of aliphatic imine (C=N–C) groups is 1. The van der Waals surface area contributed by atoms with Crippen molar-refractivity contribution in [3.63, 3.8) is 0 Å². The van der Waals surface area contributed by atoms with Crippen molar-refractivity contribution in [1.29, 1.82) is 0 Å². The van der Waals surface area contributed by atoms with Gasteiger partial charge >= 0.3 is 6.18 Å². The molecule has 6 nitrogen and oxygen atoms in total. The largest absolute Gasteiger partial charge is 0.417 e. The molecule has 116 valence electrons. The highest BCUT2D eigenvalue weighted by molar-refractivity contribution is 8.14. The van der Waals surface area contributed by atoms with Crippen molar-refractivity contribution >= 4 is 16.9 Å². The van der Waals surface area contributed by atoms with E-state index in [1.807, 2.05) is 0 Å². The van der Waals surface area contributed by atoms with Gasteiger partial charge in [0.2, 0.25) is 0 Å². The quantitative estimate of drug-likeness (QED) is 0.598. The zero-order valence-electron chi connectivity index (χ0n) is 10.7. The molecule has 2 heterocycles. The van der Waals surface area contributed by atoms with Gasteiger partial charge in [-0.1, -0.05) is 11.8 Å². The van der Waals surface area contributed by atoms with Crippen molar-refractivity contribution < 1.29 is 33.2 Å². The summed E-state index contributed by atoms with van der Waals surface area (Å²) in [6.07, 6.45) is -13.1. The Morgan fingerprint density at radius 1 is 1.30 bits per heavy atom. The molecular weight excluding hydrogens is 301 g/mol. The summed E-state index contributed by atoms with van der Waals surface area (Å²) in [7, 11) is 3.38. The summed E-state index contributed by atoms with van der Waals surface area (Å²) in [5.41, 5.74) is -0.868. The van der Waals surface area contributed by atoms with Crippen molar-refractivity contribution in [3.8, 4) is 0 Å². The Labute approximate surface area is 117 Å². The van der Waals surface area contributed by atoms with E-state index in [1.165, 1.54) is 0 Å². The van der Waals surface area contributed by atoms with Crippen LogP contribution in [0.4, 0.5) is 13.2 Å². The van der Waals surface area contributed by atoms with E-state index in [2.05, 4.69) is 4.99 Å². The van der Waals surface area contributed by atoms with E-state index in [-0.39, 0.29) is 0 Å². The fraction of sp³-hybridized carbons (Fsp3) is 0.900. The number of nitrogens with zero attached hydrogens (tertiary/aromatic N) is 2. The second kappa shape index (κ2) is 5.34. The zero-order valence-corrected chi connectivity index (χ0v) is 11.5. The summed E-state index contributed by atoms with van der Waals surface area (Å²) in [6, 6.07) is -0.857. The van der Waals surface area contributed by atoms with Gasteiger partial charge in [-0.25, -0.2) is 0 Å². The molecule has 10 heteroatoms. The molecule has 2 rings (SSSR count). The van der Waals surface area contributed by atoms with Crippen LogP contribution in [0.1, 0.15) is 0 Å². The van der Waals surface area contributed by atoms with Crippen LogP contribution in [0.3, 0.4) is 0 Å². The topological polar surface area (TPSA) is 85.5 Å². The predicted molar refractivity (Wildman–Crippen MR) is 65.2 cm³/mol. The number of rotatable bonds is 1. The fourth-order valence-corrected chi connectivity index (χ4v) is 3.18. The van der Waals surface area contributed by atoms with Crippen molar-refractivity contribution in [2.45, 2.75) is 42.1 Å². The third-order valence-corrected chi connectivity index (χ3v) is 4.42. The molecule has 0 amide bonds. The van der Waals surface area contributed by atoms with E-state index >= 15 is 0 Å². The van der Waals surface area contributed by atoms with Gasteiger partial charge in [-0.2, -0.15) is 13.2 Å². The van der Waals surface area contributed by atoms with Gasteiger partial charge in [0, 0.05) is 14.1 Å². The Morgan fingerprint density at radius 2 is 1.90 bits per heavy atom. The molecule has 20 heavy (non-hydrogen) atoms. The van der Waals surface area contributed by atoms with Crippen LogP contribution >= 0.6 is 11.8 Å². The van der Waals surface area contributed by atoms with E-state index in [1.54, 1.807) is 19.0 Å². The van der Waals surface area contributed by atoms with Crippen LogP contribution in [0.15, 0.2) is 4.99 Å². The maximum atomic E-state index is 12.5. The molecule has 0 saturated carbocycles. The number of aliphatic hydroxyl groups is 3. The first-order valence-electron chi connectivity index (χ1n) is 5.81. The lowest BCUT2D eigenvalue weighted by molar-refractivity contribution is -0.271. The van der Waals surface area contributed by atoms with Gasteiger partial charge in [-0.05, 0) is 0 Å². The third kappa shape index (κ3) is 2.75. The molecule has 0 aliphatic carbocycles. The molecule has 0 radical (unpaired) electrons. The van der Waals surface area contributed by atoms with Crippen LogP contribution < -0.4 is 0 Å². The Bertz CT molecular complexity index is 406. The average Bonchev–Trinajstić information content (AvgIpc) is 2.76. The van der Waals surface area contributed by atoms with Crippen LogP contribution in [-0.4, -0.2) is 81.6 Å². The Hall–Kier alpha value is -0.550. The van der Waals surface area contributed by atoms with Crippen molar-refractivity contribution in [2.75, 3.05) is 14.1 Å². The van der Waals surface area contributed by atoms with E-state index in [4.69, 9.17) is 4.74 Å². The standard InChI is InChI=1S/C10H15F3N2O4S/c1-15(2)9-14-3-4(16)5(17)6(19-8(3)20-9)7(18)10(11,12)13/h3-8,16-18H,1-2H3/t3-,4-,5+,6+,7?,8-/m1/s1. The first kappa shape index (κ1) is 15.8. The zero-order chi connectivity index (χ0) is 15.2. The van der Waals surface area contributed by atoms with E-state index in [0.717, 1.165) is 11.8 Å². The van der Waals surface area contributed by atoms with Gasteiger partial charge in [0.1, 0.15) is 29.8 Å². The molecule has 0 bridgehead atoms. The summed E-state index contributed by atoms with van der Waals surface area (Å²) in [5, 5.41) is 29.3. The highest BCUT2D eigenvalue weighted by Gasteiger charge is 2.56. The normalized spacial score (nSPS) is 39.2. The fourth-order valence-electron chi connectivity index (χ4n) is 2.04. The molecule has 0 spiro atoms. The molecule has 2 aliphatic heterocycles. The number of hydrogen-bond donors (Lipinski definition) is 3. The molecule has 2 aliphatic rings. The summed E-state index contributed by atoms with van der Waals surface area (Å²) in [4.78, 5) is 5.73. The van der Waals surface area contributed by atoms with Gasteiger partial charge < -0.3 is 25.0 Å². The summed E-state index contributed by atoms with van der Waals surface area (Å²) in [5.74, 6) is 0. The van der Waals surface area contributed by atoms with E-state index in [9.17, 15) is 28.5 Å². The molecule has 3 N–H and O–H groups in total. The maximum absolute atomic E-state index is 12.5. The van der Waals surface area contributed by atoms with Crippen molar-refractivity contribution in [3.05, 3.63) is 0 Å². The molecule has 1 fully saturated rings. The number of fused-ring (bicyclic) bond motifs is 1. The monoisotopic (exact) mass is 316 g/mol. The summed E-state index contributed by atoms with van der Waals surface area (Å²) in [6.45, 7) is 0. The molecule has 0 aromatic heterocycles. The van der Waals surface area contributed by atoms with Crippen LogP contribution in [0, 0.1) is 0 Å². The number of thioether (sulfide) groups is 1. The molecular formula is C10H15F3N2O4S. The Balaban J connectivity index is 2.17. The first-order valence-corrected chi connectivity index (χ1v) is 6.69. The number of aliphatic hydroxyl groups excluding tert-OH is 3. The highest BCUT2D eigenvalue weighted by Crippen LogP contribution is 2.39. The van der Waals surface area contributed by atoms with Gasteiger partial charge in [0.15, 0.2) is 11.3 Å². The van der Waals surface area contributed by atoms with E-state index < -0.39 is 42.1 Å². The third-order valence-electron chi connectivity index (χ3n) is 3.12. The second-order valence-corrected chi connectivity index (χ2v) is 5.92.